The maximum absolute atomic E-state index is 13.4. The molecule has 0 bridgehead atoms. The largest absolute Gasteiger partial charge is 0.435 e. The molecule has 0 unspecified atom stereocenters. The van der Waals surface area contributed by atoms with Crippen LogP contribution < -0.4 is 5.32 Å². The van der Waals surface area contributed by atoms with E-state index >= 15 is 0 Å². The highest BCUT2D eigenvalue weighted by molar-refractivity contribution is 7.13. The van der Waals surface area contributed by atoms with E-state index in [1.807, 2.05) is 0 Å². The van der Waals surface area contributed by atoms with Gasteiger partial charge in [-0.05, 0) is 44.0 Å². The van der Waals surface area contributed by atoms with E-state index in [-0.39, 0.29) is 18.0 Å². The fourth-order valence-electron chi connectivity index (χ4n) is 3.38. The molecule has 170 valence electrons. The van der Waals surface area contributed by atoms with Crippen LogP contribution in [0.4, 0.5) is 26.3 Å². The first-order valence-corrected chi connectivity index (χ1v) is 10.6. The van der Waals surface area contributed by atoms with Crippen molar-refractivity contribution in [1.82, 2.24) is 15.2 Å². The van der Waals surface area contributed by atoms with Gasteiger partial charge in [-0.2, -0.15) is 26.3 Å². The Hall–Kier alpha value is -2.14. The third kappa shape index (κ3) is 6.42. The second kappa shape index (κ2) is 9.56. The summed E-state index contributed by atoms with van der Waals surface area (Å²) in [5.74, 6) is -0.927. The molecule has 2 heterocycles. The van der Waals surface area contributed by atoms with E-state index in [4.69, 9.17) is 0 Å². The number of carbonyl (C=O) groups is 1. The number of rotatable bonds is 7. The number of carbonyl (C=O) groups excluding carboxylic acids is 1. The van der Waals surface area contributed by atoms with Crippen molar-refractivity contribution in [3.63, 3.8) is 0 Å². The number of nitrogens with zero attached hydrogens (tertiary/aromatic N) is 2. The van der Waals surface area contributed by atoms with E-state index in [9.17, 15) is 31.1 Å². The number of benzene rings is 1. The molecule has 0 radical (unpaired) electrons. The van der Waals surface area contributed by atoms with Crippen LogP contribution in [0.2, 0.25) is 0 Å². The lowest BCUT2D eigenvalue weighted by atomic mass is 10.1. The van der Waals surface area contributed by atoms with Crippen LogP contribution in [0.25, 0.3) is 0 Å². The molecule has 0 spiro atoms. The summed E-state index contributed by atoms with van der Waals surface area (Å²) in [5.41, 5.74) is -1.71. The van der Waals surface area contributed by atoms with Crippen LogP contribution in [-0.2, 0) is 25.2 Å². The first-order chi connectivity index (χ1) is 14.5. The van der Waals surface area contributed by atoms with Crippen LogP contribution in [-0.4, -0.2) is 42.0 Å². The zero-order chi connectivity index (χ0) is 22.6. The lowest BCUT2D eigenvalue weighted by Crippen LogP contribution is -2.27. The van der Waals surface area contributed by atoms with E-state index < -0.39 is 34.4 Å². The fourth-order valence-corrected chi connectivity index (χ4v) is 4.37. The zero-order valence-corrected chi connectivity index (χ0v) is 17.3. The van der Waals surface area contributed by atoms with Gasteiger partial charge in [0.15, 0.2) is 5.69 Å². The number of likely N-dealkylation sites (tertiary alicyclic amines) is 1. The summed E-state index contributed by atoms with van der Waals surface area (Å²) in [4.78, 5) is 17.6. The molecular formula is C20H21F6N3OS. The fraction of sp³-hybridized carbons (Fsp3) is 0.500. The highest BCUT2D eigenvalue weighted by Crippen LogP contribution is 2.34. The van der Waals surface area contributed by atoms with Crippen molar-refractivity contribution in [2.75, 3.05) is 26.2 Å². The molecule has 0 aliphatic carbocycles. The van der Waals surface area contributed by atoms with Crippen molar-refractivity contribution in [3.05, 3.63) is 51.0 Å². The predicted octanol–water partition coefficient (Wildman–Crippen LogP) is 4.79. The van der Waals surface area contributed by atoms with Gasteiger partial charge in [-0.3, -0.25) is 4.79 Å². The number of thiazole rings is 1. The van der Waals surface area contributed by atoms with Crippen LogP contribution in [0, 0.1) is 0 Å². The summed E-state index contributed by atoms with van der Waals surface area (Å²) in [7, 11) is 0. The van der Waals surface area contributed by atoms with Crippen LogP contribution in [0.5, 0.6) is 0 Å². The minimum Gasteiger partial charge on any atom is -0.351 e. The molecule has 1 aliphatic rings. The predicted molar refractivity (Wildman–Crippen MR) is 104 cm³/mol. The summed E-state index contributed by atoms with van der Waals surface area (Å²) in [6, 6.07) is 4.60. The Morgan fingerprint density at radius 1 is 1.06 bits per heavy atom. The van der Waals surface area contributed by atoms with Crippen molar-refractivity contribution in [3.8, 4) is 0 Å². The van der Waals surface area contributed by atoms with Crippen molar-refractivity contribution >= 4 is 17.2 Å². The third-order valence-electron chi connectivity index (χ3n) is 4.94. The Morgan fingerprint density at radius 3 is 2.42 bits per heavy atom. The number of aromatic nitrogens is 1. The van der Waals surface area contributed by atoms with Gasteiger partial charge in [0.1, 0.15) is 4.88 Å². The number of halogens is 6. The standard InChI is InChI=1S/C20H21F6N3OS/c21-19(22,23)14-5-3-4-13(12-14)6-8-27-18(30)16-17(20(24,25)26)28-15(31-16)7-11-29-9-1-2-10-29/h3-5,12H,1-2,6-11H2,(H,27,30). The lowest BCUT2D eigenvalue weighted by Gasteiger charge is -2.12. The molecule has 31 heavy (non-hydrogen) atoms. The van der Waals surface area contributed by atoms with Crippen molar-refractivity contribution in [2.24, 2.45) is 0 Å². The molecular weight excluding hydrogens is 444 g/mol. The highest BCUT2D eigenvalue weighted by atomic mass is 32.1. The van der Waals surface area contributed by atoms with Gasteiger partial charge in [0.25, 0.3) is 5.91 Å². The Balaban J connectivity index is 1.63. The van der Waals surface area contributed by atoms with Gasteiger partial charge in [-0.25, -0.2) is 4.98 Å². The second-order valence-corrected chi connectivity index (χ2v) is 8.37. The first-order valence-electron chi connectivity index (χ1n) is 9.77. The summed E-state index contributed by atoms with van der Waals surface area (Å²) < 4.78 is 78.4. The van der Waals surface area contributed by atoms with Gasteiger partial charge >= 0.3 is 12.4 Å². The van der Waals surface area contributed by atoms with E-state index in [2.05, 4.69) is 15.2 Å². The lowest BCUT2D eigenvalue weighted by molar-refractivity contribution is -0.141. The van der Waals surface area contributed by atoms with E-state index in [1.54, 1.807) is 0 Å². The maximum Gasteiger partial charge on any atom is 0.435 e. The third-order valence-corrected chi connectivity index (χ3v) is 6.05. The molecule has 1 amide bonds. The Labute approximate surface area is 179 Å². The van der Waals surface area contributed by atoms with Gasteiger partial charge in [0.2, 0.25) is 0 Å². The van der Waals surface area contributed by atoms with Gasteiger partial charge in [-0.1, -0.05) is 18.2 Å². The number of hydrogen-bond donors (Lipinski definition) is 1. The zero-order valence-electron chi connectivity index (χ0n) is 16.4. The van der Waals surface area contributed by atoms with Crippen molar-refractivity contribution in [1.29, 1.82) is 0 Å². The van der Waals surface area contributed by atoms with Crippen LogP contribution in [0.3, 0.4) is 0 Å². The molecule has 11 heteroatoms. The Morgan fingerprint density at radius 2 is 1.77 bits per heavy atom. The molecule has 1 fully saturated rings. The summed E-state index contributed by atoms with van der Waals surface area (Å²) in [6.45, 7) is 2.29. The Bertz CT molecular complexity index is 903. The summed E-state index contributed by atoms with van der Waals surface area (Å²) >= 11 is 0.711. The minimum absolute atomic E-state index is 0.0532. The molecule has 1 aromatic carbocycles. The quantitative estimate of drug-likeness (QED) is 0.598. The molecule has 2 aromatic rings. The van der Waals surface area contributed by atoms with Crippen LogP contribution in [0.1, 0.15) is 44.3 Å². The monoisotopic (exact) mass is 465 g/mol. The molecule has 1 aromatic heterocycles. The van der Waals surface area contributed by atoms with Gasteiger partial charge in [0, 0.05) is 19.5 Å². The van der Waals surface area contributed by atoms with E-state index in [1.165, 1.54) is 12.1 Å². The normalized spacial score (nSPS) is 15.4. The van der Waals surface area contributed by atoms with Crippen molar-refractivity contribution in [2.45, 2.75) is 38.0 Å². The van der Waals surface area contributed by atoms with E-state index in [0.717, 1.165) is 38.1 Å². The van der Waals surface area contributed by atoms with E-state index in [0.29, 0.717) is 29.9 Å². The Kier molecular flexibility index (Phi) is 7.25. The molecule has 0 saturated carbocycles. The number of hydrogen-bond acceptors (Lipinski definition) is 4. The molecule has 1 saturated heterocycles. The second-order valence-electron chi connectivity index (χ2n) is 7.29. The average molecular weight is 465 g/mol. The van der Waals surface area contributed by atoms with Gasteiger partial charge in [0.05, 0.1) is 10.6 Å². The molecule has 1 N–H and O–H groups in total. The number of amides is 1. The van der Waals surface area contributed by atoms with Crippen LogP contribution >= 0.6 is 11.3 Å². The number of alkyl halides is 6. The van der Waals surface area contributed by atoms with Gasteiger partial charge < -0.3 is 10.2 Å². The molecule has 4 nitrogen and oxygen atoms in total. The average Bonchev–Trinajstić information content (AvgIpc) is 3.35. The SMILES string of the molecule is O=C(NCCc1cccc(C(F)(F)F)c1)c1sc(CCN2CCCC2)nc1C(F)(F)F. The minimum atomic E-state index is -4.77. The molecule has 3 rings (SSSR count). The smallest absolute Gasteiger partial charge is 0.351 e. The molecule has 0 atom stereocenters. The summed E-state index contributed by atoms with van der Waals surface area (Å²) in [6.07, 6.45) is -6.76. The highest BCUT2D eigenvalue weighted by Gasteiger charge is 2.39. The van der Waals surface area contributed by atoms with Gasteiger partial charge in [-0.15, -0.1) is 11.3 Å². The first kappa shape index (κ1) is 23.5. The topological polar surface area (TPSA) is 45.2 Å². The number of nitrogens with one attached hydrogen (secondary N) is 1. The summed E-state index contributed by atoms with van der Waals surface area (Å²) in [5, 5.41) is 2.61. The van der Waals surface area contributed by atoms with Crippen molar-refractivity contribution < 1.29 is 31.1 Å². The van der Waals surface area contributed by atoms with Crippen LogP contribution in [0.15, 0.2) is 24.3 Å². The molecule has 1 aliphatic heterocycles. The maximum atomic E-state index is 13.4.